The first-order valence-electron chi connectivity index (χ1n) is 10.0. The van der Waals surface area contributed by atoms with Crippen molar-refractivity contribution < 1.29 is 29.1 Å². The number of hydrogen-bond donors (Lipinski definition) is 5. The Morgan fingerprint density at radius 3 is 1.67 bits per heavy atom. The predicted molar refractivity (Wildman–Crippen MR) is 129 cm³/mol. The Hall–Kier alpha value is -3.11. The Labute approximate surface area is 202 Å². The van der Waals surface area contributed by atoms with Crippen molar-refractivity contribution in [3.63, 3.8) is 0 Å². The van der Waals surface area contributed by atoms with Gasteiger partial charge >= 0.3 is 5.97 Å². The normalized spacial score (nSPS) is 13.3. The minimum Gasteiger partial charge on any atom is -0.481 e. The summed E-state index contributed by atoms with van der Waals surface area (Å²) < 4.78 is 0. The van der Waals surface area contributed by atoms with Crippen LogP contribution in [0.25, 0.3) is 0 Å². The Morgan fingerprint density at radius 1 is 0.758 bits per heavy atom. The van der Waals surface area contributed by atoms with Crippen LogP contribution in [0.3, 0.4) is 0 Å². The van der Waals surface area contributed by atoms with E-state index in [0.29, 0.717) is 11.1 Å². The molecule has 2 aromatic rings. The summed E-state index contributed by atoms with van der Waals surface area (Å²) in [6.07, 6.45) is -0.289. The van der Waals surface area contributed by atoms with Crippen molar-refractivity contribution in [1.29, 1.82) is 0 Å². The fourth-order valence-corrected chi connectivity index (χ4v) is 3.35. The minimum atomic E-state index is -1.31. The molecule has 0 aliphatic carbocycles. The van der Waals surface area contributed by atoms with Crippen LogP contribution < -0.4 is 10.6 Å². The van der Waals surface area contributed by atoms with Gasteiger partial charge in [-0.25, -0.2) is 0 Å². The molecule has 0 bridgehead atoms. The summed E-state index contributed by atoms with van der Waals surface area (Å²) in [7, 11) is 0. The van der Waals surface area contributed by atoms with Gasteiger partial charge in [-0.1, -0.05) is 60.7 Å². The van der Waals surface area contributed by atoms with E-state index in [-0.39, 0.29) is 19.4 Å². The van der Waals surface area contributed by atoms with Gasteiger partial charge < -0.3 is 15.7 Å². The van der Waals surface area contributed by atoms with E-state index in [9.17, 15) is 24.0 Å². The second-order valence-corrected chi connectivity index (χ2v) is 8.18. The van der Waals surface area contributed by atoms with Gasteiger partial charge in [0.1, 0.15) is 10.5 Å². The third kappa shape index (κ3) is 8.07. The van der Waals surface area contributed by atoms with E-state index < -0.39 is 45.9 Å². The van der Waals surface area contributed by atoms with Crippen LogP contribution in [0.4, 0.5) is 0 Å². The molecule has 0 aliphatic rings. The van der Waals surface area contributed by atoms with Crippen molar-refractivity contribution in [2.24, 2.45) is 0 Å². The van der Waals surface area contributed by atoms with Crippen molar-refractivity contribution in [2.75, 3.05) is 6.54 Å². The molecule has 0 aromatic heterocycles. The van der Waals surface area contributed by atoms with Crippen molar-refractivity contribution in [3.8, 4) is 0 Å². The second-order valence-electron chi connectivity index (χ2n) is 7.15. The van der Waals surface area contributed by atoms with Gasteiger partial charge in [0.15, 0.2) is 11.6 Å². The average molecular weight is 489 g/mol. The zero-order valence-corrected chi connectivity index (χ0v) is 19.3. The molecule has 8 nitrogen and oxygen atoms in total. The first-order chi connectivity index (χ1) is 15.7. The highest BCUT2D eigenvalue weighted by Gasteiger charge is 2.28. The van der Waals surface area contributed by atoms with Crippen LogP contribution in [0.2, 0.25) is 0 Å². The minimum absolute atomic E-state index is 0.00868. The molecule has 3 unspecified atom stereocenters. The quantitative estimate of drug-likeness (QED) is 0.176. The SMILES string of the molecule is O=C(O)CCC(CNC(=O)C(S)C(=O)c1ccccc1)NC(=O)C(S)C(=O)c1ccccc1. The number of rotatable bonds is 12. The monoisotopic (exact) mass is 488 g/mol. The first-order valence-corrected chi connectivity index (χ1v) is 11.1. The van der Waals surface area contributed by atoms with E-state index in [0.717, 1.165) is 0 Å². The van der Waals surface area contributed by atoms with Crippen LogP contribution >= 0.6 is 25.3 Å². The standard InChI is InChI=1S/C23H24N2O6S2/c26-17(27)12-11-16(25-23(31)21(33)19(29)15-9-5-2-6-10-15)13-24-22(30)20(32)18(28)14-7-3-1-4-8-14/h1-10,16,20-21,32-33H,11-13H2,(H,24,30)(H,25,31)(H,26,27). The summed E-state index contributed by atoms with van der Waals surface area (Å²) in [5.74, 6) is -3.51. The number of ketones is 2. The fourth-order valence-electron chi connectivity index (χ4n) is 2.88. The molecule has 0 radical (unpaired) electrons. The molecule has 0 aliphatic heterocycles. The number of aliphatic carboxylic acids is 1. The zero-order valence-electron chi connectivity index (χ0n) is 17.5. The molecule has 174 valence electrons. The Bertz CT molecular complexity index is 1000. The number of Topliss-reactive ketones (excluding diaryl/α,β-unsaturated/α-hetero) is 2. The topological polar surface area (TPSA) is 130 Å². The number of carbonyl (C=O) groups excluding carboxylic acids is 4. The number of amides is 2. The molecular weight excluding hydrogens is 464 g/mol. The van der Waals surface area contributed by atoms with Gasteiger partial charge in [-0.2, -0.15) is 25.3 Å². The van der Waals surface area contributed by atoms with E-state index in [1.165, 1.54) is 0 Å². The van der Waals surface area contributed by atoms with Crippen LogP contribution in [0.15, 0.2) is 60.7 Å². The van der Waals surface area contributed by atoms with E-state index in [4.69, 9.17) is 5.11 Å². The molecule has 3 N–H and O–H groups in total. The van der Waals surface area contributed by atoms with Crippen LogP contribution in [0.1, 0.15) is 33.6 Å². The number of carbonyl (C=O) groups is 5. The molecule has 33 heavy (non-hydrogen) atoms. The number of nitrogens with one attached hydrogen (secondary N) is 2. The van der Waals surface area contributed by atoms with Crippen LogP contribution in [0.5, 0.6) is 0 Å². The highest BCUT2D eigenvalue weighted by Crippen LogP contribution is 2.11. The number of carboxylic acid groups (broad SMARTS) is 1. The van der Waals surface area contributed by atoms with Crippen LogP contribution in [0, 0.1) is 0 Å². The third-order valence-electron chi connectivity index (χ3n) is 4.69. The van der Waals surface area contributed by atoms with E-state index in [2.05, 4.69) is 35.9 Å². The summed E-state index contributed by atoms with van der Waals surface area (Å²) >= 11 is 8.19. The van der Waals surface area contributed by atoms with E-state index in [1.54, 1.807) is 60.7 Å². The lowest BCUT2D eigenvalue weighted by atomic mass is 10.1. The third-order valence-corrected chi connectivity index (χ3v) is 5.62. The molecule has 2 amide bonds. The van der Waals surface area contributed by atoms with Crippen molar-refractivity contribution in [3.05, 3.63) is 71.8 Å². The average Bonchev–Trinajstić information content (AvgIpc) is 2.84. The molecular formula is C23H24N2O6S2. The lowest BCUT2D eigenvalue weighted by Crippen LogP contribution is -2.49. The molecule has 2 rings (SSSR count). The van der Waals surface area contributed by atoms with Gasteiger partial charge in [-0.3, -0.25) is 24.0 Å². The number of benzene rings is 2. The van der Waals surface area contributed by atoms with Crippen molar-refractivity contribution in [1.82, 2.24) is 10.6 Å². The Balaban J connectivity index is 1.99. The smallest absolute Gasteiger partial charge is 0.303 e. The van der Waals surface area contributed by atoms with Crippen LogP contribution in [-0.4, -0.2) is 57.5 Å². The van der Waals surface area contributed by atoms with Crippen molar-refractivity contribution in [2.45, 2.75) is 29.4 Å². The van der Waals surface area contributed by atoms with Gasteiger partial charge in [0.05, 0.1) is 0 Å². The van der Waals surface area contributed by atoms with Gasteiger partial charge in [-0.05, 0) is 6.42 Å². The van der Waals surface area contributed by atoms with Gasteiger partial charge in [0.2, 0.25) is 11.8 Å². The maximum absolute atomic E-state index is 12.5. The summed E-state index contributed by atoms with van der Waals surface area (Å²) in [6.45, 7) is -0.156. The molecule has 2 aromatic carbocycles. The molecule has 0 saturated heterocycles. The molecule has 0 fully saturated rings. The van der Waals surface area contributed by atoms with Crippen molar-refractivity contribution >= 4 is 54.6 Å². The maximum Gasteiger partial charge on any atom is 0.303 e. The van der Waals surface area contributed by atoms with E-state index >= 15 is 0 Å². The largest absolute Gasteiger partial charge is 0.481 e. The van der Waals surface area contributed by atoms with E-state index in [1.807, 2.05) is 0 Å². The van der Waals surface area contributed by atoms with Gasteiger partial charge in [0, 0.05) is 30.1 Å². The Morgan fingerprint density at radius 2 is 1.21 bits per heavy atom. The number of thiol groups is 2. The molecule has 0 saturated carbocycles. The Kier molecular flexibility index (Phi) is 10.1. The lowest BCUT2D eigenvalue weighted by Gasteiger charge is -2.21. The molecule has 3 atom stereocenters. The summed E-state index contributed by atoms with van der Waals surface area (Å²) in [4.78, 5) is 60.8. The lowest BCUT2D eigenvalue weighted by molar-refractivity contribution is -0.137. The highest BCUT2D eigenvalue weighted by molar-refractivity contribution is 7.83. The first kappa shape index (κ1) is 26.1. The van der Waals surface area contributed by atoms with Gasteiger partial charge in [-0.15, -0.1) is 0 Å². The number of carboxylic acids is 1. The number of hydrogen-bond acceptors (Lipinski definition) is 7. The van der Waals surface area contributed by atoms with Crippen LogP contribution in [-0.2, 0) is 14.4 Å². The maximum atomic E-state index is 12.5. The fraction of sp³-hybridized carbons (Fsp3) is 0.261. The zero-order chi connectivity index (χ0) is 24.4. The molecule has 10 heteroatoms. The summed E-state index contributed by atoms with van der Waals surface area (Å²) in [5.41, 5.74) is 0.626. The van der Waals surface area contributed by atoms with Gasteiger partial charge in [0.25, 0.3) is 0 Å². The molecule has 0 spiro atoms. The summed E-state index contributed by atoms with van der Waals surface area (Å²) in [5, 5.41) is 11.5. The second kappa shape index (κ2) is 12.8. The predicted octanol–water partition coefficient (Wildman–Crippen LogP) is 1.81. The molecule has 0 heterocycles. The summed E-state index contributed by atoms with van der Waals surface area (Å²) in [6, 6.07) is 15.5. The highest BCUT2D eigenvalue weighted by atomic mass is 32.1.